The molecule has 0 unspecified atom stereocenters. The van der Waals surface area contributed by atoms with Gasteiger partial charge in [-0.15, -0.1) is 0 Å². The first-order valence-corrected chi connectivity index (χ1v) is 9.79. The van der Waals surface area contributed by atoms with Gasteiger partial charge in [0.2, 0.25) is 0 Å². The number of aliphatic hydroxyl groups is 1. The summed E-state index contributed by atoms with van der Waals surface area (Å²) in [7, 11) is 2.07. The number of benzene rings is 2. The van der Waals surface area contributed by atoms with Gasteiger partial charge in [-0.05, 0) is 43.2 Å². The summed E-state index contributed by atoms with van der Waals surface area (Å²) in [5, 5.41) is 9.88. The number of carbonyl (C=O) groups excluding carboxylic acids is 1. The first kappa shape index (κ1) is 20.3. The highest BCUT2D eigenvalue weighted by atomic mass is 16.6. The average Bonchev–Trinajstić information content (AvgIpc) is 3.15. The smallest absolute Gasteiger partial charge is 0.274 e. The van der Waals surface area contributed by atoms with Crippen LogP contribution in [0.15, 0.2) is 54.6 Å². The highest BCUT2D eigenvalue weighted by Gasteiger charge is 2.26. The summed E-state index contributed by atoms with van der Waals surface area (Å²) in [5.41, 5.74) is 5.23. The number of nitrogens with zero attached hydrogens (tertiary/aromatic N) is 2. The summed E-state index contributed by atoms with van der Waals surface area (Å²) in [5.74, 6) is -0.248. The zero-order valence-electron chi connectivity index (χ0n) is 16.5. The zero-order chi connectivity index (χ0) is 19.9. The van der Waals surface area contributed by atoms with Crippen molar-refractivity contribution in [2.24, 2.45) is 0 Å². The summed E-state index contributed by atoms with van der Waals surface area (Å²) in [6, 6.07) is 18.1. The van der Waals surface area contributed by atoms with Gasteiger partial charge in [-0.25, -0.2) is 5.48 Å². The molecule has 2 aromatic rings. The molecule has 2 N–H and O–H groups in total. The molecule has 0 radical (unpaired) electrons. The van der Waals surface area contributed by atoms with E-state index < -0.39 is 0 Å². The Labute approximate surface area is 166 Å². The molecule has 0 spiro atoms. The molecular weight excluding hydrogens is 354 g/mol. The minimum Gasteiger partial charge on any atom is -0.392 e. The Bertz CT molecular complexity index is 751. The summed E-state index contributed by atoms with van der Waals surface area (Å²) in [6.45, 7) is 4.71. The van der Waals surface area contributed by atoms with E-state index in [0.29, 0.717) is 18.7 Å². The van der Waals surface area contributed by atoms with Crippen LogP contribution in [0.3, 0.4) is 0 Å². The lowest BCUT2D eigenvalue weighted by molar-refractivity contribution is 0.0364. The molecule has 0 aromatic heterocycles. The minimum atomic E-state index is -0.248. The summed E-state index contributed by atoms with van der Waals surface area (Å²) in [4.78, 5) is 21.5. The van der Waals surface area contributed by atoms with E-state index in [2.05, 4.69) is 46.6 Å². The third-order valence-electron chi connectivity index (χ3n) is 5.18. The lowest BCUT2D eigenvalue weighted by Gasteiger charge is -2.33. The second kappa shape index (κ2) is 9.68. The minimum absolute atomic E-state index is 0.148. The molecule has 1 aliphatic rings. The molecule has 6 heteroatoms. The Morgan fingerprint density at radius 2 is 1.96 bits per heavy atom. The van der Waals surface area contributed by atoms with Crippen molar-refractivity contribution in [1.29, 1.82) is 0 Å². The Morgan fingerprint density at radius 1 is 1.25 bits per heavy atom. The molecule has 2 aromatic carbocycles. The van der Waals surface area contributed by atoms with Crippen LogP contribution in [0.2, 0.25) is 0 Å². The number of likely N-dealkylation sites (tertiary alicyclic amines) is 1. The van der Waals surface area contributed by atoms with Crippen molar-refractivity contribution in [2.75, 3.05) is 38.2 Å². The number of hydroxylamine groups is 1. The number of aliphatic hydroxyl groups excluding tert-OH is 1. The molecule has 1 saturated heterocycles. The number of amides is 1. The lowest BCUT2D eigenvalue weighted by atomic mass is 10.0. The van der Waals surface area contributed by atoms with Crippen molar-refractivity contribution in [3.05, 3.63) is 65.7 Å². The molecule has 1 fully saturated rings. The van der Waals surface area contributed by atoms with Crippen molar-refractivity contribution in [1.82, 2.24) is 10.4 Å². The maximum absolute atomic E-state index is 12.0. The van der Waals surface area contributed by atoms with E-state index in [1.165, 1.54) is 5.56 Å². The molecule has 6 nitrogen and oxygen atoms in total. The molecular formula is C22H29N3O3. The summed E-state index contributed by atoms with van der Waals surface area (Å²) in [6.07, 6.45) is 0.597. The number of anilines is 1. The predicted octanol–water partition coefficient (Wildman–Crippen LogP) is 2.61. The summed E-state index contributed by atoms with van der Waals surface area (Å²) >= 11 is 0. The number of carbonyl (C=O) groups is 1. The van der Waals surface area contributed by atoms with Crippen LogP contribution >= 0.6 is 0 Å². The van der Waals surface area contributed by atoms with Gasteiger partial charge in [-0.1, -0.05) is 30.3 Å². The number of likely N-dealkylation sites (N-methyl/N-ethyl adjacent to an activating group) is 1. The van der Waals surface area contributed by atoms with E-state index in [-0.39, 0.29) is 18.1 Å². The Hall–Kier alpha value is -2.41. The lowest BCUT2D eigenvalue weighted by Crippen LogP contribution is -2.36. The number of β-amino-alcohol motifs (C(OH)–C–C–N with tert-alkyl or cyclic N) is 1. The fourth-order valence-electron chi connectivity index (χ4n) is 3.57. The van der Waals surface area contributed by atoms with E-state index in [1.807, 2.05) is 37.3 Å². The fraction of sp³-hybridized carbons (Fsp3) is 0.409. The predicted molar refractivity (Wildman–Crippen MR) is 110 cm³/mol. The molecule has 0 aliphatic carbocycles. The maximum Gasteiger partial charge on any atom is 0.274 e. The molecule has 1 amide bonds. The number of hydrogen-bond acceptors (Lipinski definition) is 5. The van der Waals surface area contributed by atoms with Crippen molar-refractivity contribution in [2.45, 2.75) is 25.5 Å². The van der Waals surface area contributed by atoms with Crippen LogP contribution in [0, 0.1) is 0 Å². The average molecular weight is 383 g/mol. The maximum atomic E-state index is 12.0. The molecule has 1 heterocycles. The van der Waals surface area contributed by atoms with Crippen molar-refractivity contribution >= 4 is 11.6 Å². The highest BCUT2D eigenvalue weighted by Crippen LogP contribution is 2.28. The summed E-state index contributed by atoms with van der Waals surface area (Å²) < 4.78 is 0. The first-order valence-electron chi connectivity index (χ1n) is 9.79. The van der Waals surface area contributed by atoms with Gasteiger partial charge < -0.3 is 10.0 Å². The zero-order valence-corrected chi connectivity index (χ0v) is 16.5. The first-order chi connectivity index (χ1) is 13.6. The molecule has 2 atom stereocenters. The van der Waals surface area contributed by atoms with Gasteiger partial charge in [0, 0.05) is 37.9 Å². The van der Waals surface area contributed by atoms with Gasteiger partial charge in [0.15, 0.2) is 0 Å². The van der Waals surface area contributed by atoms with Gasteiger partial charge in [-0.3, -0.25) is 14.5 Å². The van der Waals surface area contributed by atoms with Gasteiger partial charge >= 0.3 is 0 Å². The molecule has 0 saturated carbocycles. The molecule has 0 bridgehead atoms. The van der Waals surface area contributed by atoms with Crippen LogP contribution in [-0.2, 0) is 4.84 Å². The van der Waals surface area contributed by atoms with Crippen molar-refractivity contribution < 1.29 is 14.7 Å². The Morgan fingerprint density at radius 3 is 2.57 bits per heavy atom. The van der Waals surface area contributed by atoms with Crippen LogP contribution in [-0.4, -0.2) is 55.3 Å². The monoisotopic (exact) mass is 383 g/mol. The van der Waals surface area contributed by atoms with Gasteiger partial charge in [-0.2, -0.15) is 0 Å². The van der Waals surface area contributed by atoms with Crippen LogP contribution in [0.5, 0.6) is 0 Å². The number of nitrogens with one attached hydrogen (secondary N) is 1. The second-order valence-corrected chi connectivity index (χ2v) is 7.15. The van der Waals surface area contributed by atoms with Crippen LogP contribution in [0.4, 0.5) is 5.69 Å². The van der Waals surface area contributed by atoms with Crippen molar-refractivity contribution in [3.63, 3.8) is 0 Å². The normalized spacial score (nSPS) is 18.0. The van der Waals surface area contributed by atoms with Crippen LogP contribution in [0.25, 0.3) is 0 Å². The van der Waals surface area contributed by atoms with Crippen molar-refractivity contribution in [3.8, 4) is 0 Å². The van der Waals surface area contributed by atoms with Gasteiger partial charge in [0.25, 0.3) is 5.91 Å². The van der Waals surface area contributed by atoms with E-state index in [9.17, 15) is 9.90 Å². The number of rotatable bonds is 8. The largest absolute Gasteiger partial charge is 0.392 e. The number of hydrogen-bond donors (Lipinski definition) is 2. The van der Waals surface area contributed by atoms with Gasteiger partial charge in [0.05, 0.1) is 18.8 Å². The third-order valence-corrected chi connectivity index (χ3v) is 5.18. The topological polar surface area (TPSA) is 65.0 Å². The Balaban J connectivity index is 1.76. The van der Waals surface area contributed by atoms with Crippen LogP contribution in [0.1, 0.15) is 35.3 Å². The van der Waals surface area contributed by atoms with Gasteiger partial charge in [0.1, 0.15) is 0 Å². The third kappa shape index (κ3) is 5.10. The Kier molecular flexibility index (Phi) is 7.03. The van der Waals surface area contributed by atoms with E-state index in [1.54, 1.807) is 0 Å². The van der Waals surface area contributed by atoms with E-state index >= 15 is 0 Å². The van der Waals surface area contributed by atoms with E-state index in [0.717, 1.165) is 25.2 Å². The standard InChI is InChI=1S/C22H29N3O3/c1-3-28-23-22(27)18-9-11-19(12-10-18)24(2)21(17-7-5-4-6-8-17)16-25-14-13-20(26)15-25/h4-12,20-21,26H,3,13-16H2,1-2H3,(H,23,27)/t20-,21+/m0/s1. The molecule has 3 rings (SSSR count). The second-order valence-electron chi connectivity index (χ2n) is 7.15. The van der Waals surface area contributed by atoms with E-state index in [4.69, 9.17) is 4.84 Å². The molecule has 150 valence electrons. The van der Waals surface area contributed by atoms with Crippen LogP contribution < -0.4 is 10.4 Å². The highest BCUT2D eigenvalue weighted by molar-refractivity contribution is 5.93. The quantitative estimate of drug-likeness (QED) is 0.686. The fourth-order valence-corrected chi connectivity index (χ4v) is 3.57. The molecule has 28 heavy (non-hydrogen) atoms. The SMILES string of the molecule is CCONC(=O)c1ccc(N(C)[C@H](CN2CC[C@H](O)C2)c2ccccc2)cc1. The molecule has 1 aliphatic heterocycles.